The first-order valence-electron chi connectivity index (χ1n) is 9.70. The number of amides is 1. The van der Waals surface area contributed by atoms with E-state index in [1.807, 2.05) is 18.2 Å². The predicted molar refractivity (Wildman–Crippen MR) is 123 cm³/mol. The number of fused-ring (bicyclic) bond motifs is 1. The number of aromatic nitrogens is 2. The average molecular weight is 497 g/mol. The molecule has 2 N–H and O–H groups in total. The molecule has 12 heteroatoms. The summed E-state index contributed by atoms with van der Waals surface area (Å²) in [6.07, 6.45) is 0. The Morgan fingerprint density at radius 3 is 2.81 bits per heavy atom. The van der Waals surface area contributed by atoms with Gasteiger partial charge in [0.2, 0.25) is 15.9 Å². The molecule has 1 fully saturated rings. The third-order valence-electron chi connectivity index (χ3n) is 4.83. The Labute approximate surface area is 194 Å². The van der Waals surface area contributed by atoms with Gasteiger partial charge in [-0.1, -0.05) is 23.4 Å². The fourth-order valence-electron chi connectivity index (χ4n) is 3.18. The lowest BCUT2D eigenvalue weighted by Gasteiger charge is -2.26. The molecule has 2 aromatic carbocycles. The number of ether oxygens (including phenoxy) is 2. The lowest BCUT2D eigenvalue weighted by molar-refractivity contribution is -0.113. The van der Waals surface area contributed by atoms with Crippen LogP contribution in [0.4, 0.5) is 5.69 Å². The predicted octanol–water partition coefficient (Wildman–Crippen LogP) is 2.98. The molecule has 1 aliphatic heterocycles. The number of imidazole rings is 1. The van der Waals surface area contributed by atoms with E-state index in [9.17, 15) is 13.2 Å². The Balaban J connectivity index is 1.43. The largest absolute Gasteiger partial charge is 0.497 e. The van der Waals surface area contributed by atoms with Crippen LogP contribution >= 0.6 is 23.4 Å². The van der Waals surface area contributed by atoms with Crippen LogP contribution in [0, 0.1) is 0 Å². The van der Waals surface area contributed by atoms with E-state index in [-0.39, 0.29) is 40.4 Å². The molecule has 0 bridgehead atoms. The van der Waals surface area contributed by atoms with Crippen molar-refractivity contribution in [3.8, 4) is 5.75 Å². The highest BCUT2D eigenvalue weighted by Gasteiger charge is 2.27. The summed E-state index contributed by atoms with van der Waals surface area (Å²) in [6.45, 7) is 1.27. The lowest BCUT2D eigenvalue weighted by atomic mass is 10.3. The summed E-state index contributed by atoms with van der Waals surface area (Å²) in [5, 5.41) is 3.52. The van der Waals surface area contributed by atoms with Gasteiger partial charge in [-0.3, -0.25) is 4.79 Å². The van der Waals surface area contributed by atoms with Crippen molar-refractivity contribution in [1.29, 1.82) is 0 Å². The van der Waals surface area contributed by atoms with Gasteiger partial charge < -0.3 is 19.8 Å². The minimum Gasteiger partial charge on any atom is -0.497 e. The van der Waals surface area contributed by atoms with Crippen molar-refractivity contribution < 1.29 is 22.7 Å². The molecular weight excluding hydrogens is 476 g/mol. The van der Waals surface area contributed by atoms with E-state index in [1.54, 1.807) is 7.11 Å². The molecule has 9 nitrogen and oxygen atoms in total. The molecule has 2 heterocycles. The normalized spacial score (nSPS) is 15.1. The van der Waals surface area contributed by atoms with Crippen LogP contribution < -0.4 is 10.1 Å². The number of sulfonamides is 1. The topological polar surface area (TPSA) is 114 Å². The third kappa shape index (κ3) is 5.02. The van der Waals surface area contributed by atoms with Gasteiger partial charge in [-0.05, 0) is 30.3 Å². The second-order valence-electron chi connectivity index (χ2n) is 6.92. The van der Waals surface area contributed by atoms with Crippen molar-refractivity contribution in [2.24, 2.45) is 0 Å². The fraction of sp³-hybridized carbons (Fsp3) is 0.300. The summed E-state index contributed by atoms with van der Waals surface area (Å²) in [6, 6.07) is 9.74. The van der Waals surface area contributed by atoms with Crippen molar-refractivity contribution in [2.75, 3.05) is 44.5 Å². The molecule has 1 aromatic heterocycles. The molecule has 32 heavy (non-hydrogen) atoms. The van der Waals surface area contributed by atoms with Gasteiger partial charge in [-0.2, -0.15) is 4.31 Å². The Morgan fingerprint density at radius 2 is 2.06 bits per heavy atom. The standard InChI is InChI=1S/C20H21ClN4O5S2/c1-29-13-2-5-16-18(10-13)24-20(23-16)31-12-19(26)22-17-11-14(3-4-15(17)21)32(27,28)25-6-8-30-9-7-25/h2-5,10-11H,6-9,12H2,1H3,(H,22,26)(H,23,24). The fourth-order valence-corrected chi connectivity index (χ4v) is 5.46. The zero-order valence-electron chi connectivity index (χ0n) is 17.1. The first-order chi connectivity index (χ1) is 15.4. The van der Waals surface area contributed by atoms with Gasteiger partial charge in [0, 0.05) is 19.2 Å². The quantitative estimate of drug-likeness (QED) is 0.483. The van der Waals surface area contributed by atoms with Crippen molar-refractivity contribution in [1.82, 2.24) is 14.3 Å². The summed E-state index contributed by atoms with van der Waals surface area (Å²) in [5.41, 5.74) is 1.80. The molecule has 0 aliphatic carbocycles. The molecular formula is C20H21ClN4O5S2. The third-order valence-corrected chi connectivity index (χ3v) is 7.92. The molecule has 0 radical (unpaired) electrons. The maximum atomic E-state index is 12.9. The highest BCUT2D eigenvalue weighted by Crippen LogP contribution is 2.28. The first kappa shape index (κ1) is 22.9. The number of H-pyrrole nitrogens is 1. The Hall–Kier alpha value is -2.31. The van der Waals surface area contributed by atoms with E-state index in [1.165, 1.54) is 34.3 Å². The van der Waals surface area contributed by atoms with Crippen LogP contribution in [-0.4, -0.2) is 67.8 Å². The number of carbonyl (C=O) groups is 1. The second-order valence-corrected chi connectivity index (χ2v) is 10.2. The van der Waals surface area contributed by atoms with Gasteiger partial charge in [-0.15, -0.1) is 0 Å². The summed E-state index contributed by atoms with van der Waals surface area (Å²) < 4.78 is 37.5. The van der Waals surface area contributed by atoms with Crippen LogP contribution in [-0.2, 0) is 19.6 Å². The average Bonchev–Trinajstić information content (AvgIpc) is 3.21. The van der Waals surface area contributed by atoms with Gasteiger partial charge in [0.25, 0.3) is 0 Å². The number of rotatable bonds is 7. The van der Waals surface area contributed by atoms with E-state index < -0.39 is 10.0 Å². The van der Waals surface area contributed by atoms with Crippen molar-refractivity contribution >= 4 is 56.0 Å². The van der Waals surface area contributed by atoms with Gasteiger partial charge in [-0.25, -0.2) is 13.4 Å². The number of morpholine rings is 1. The number of thioether (sulfide) groups is 1. The van der Waals surface area contributed by atoms with Gasteiger partial charge in [0.15, 0.2) is 5.16 Å². The highest BCUT2D eigenvalue weighted by molar-refractivity contribution is 7.99. The molecule has 0 unspecified atom stereocenters. The van der Waals surface area contributed by atoms with Crippen LogP contribution in [0.2, 0.25) is 5.02 Å². The number of hydrogen-bond acceptors (Lipinski definition) is 7. The first-order valence-corrected chi connectivity index (χ1v) is 12.5. The number of aromatic amines is 1. The number of methoxy groups -OCH3 is 1. The number of nitrogens with zero attached hydrogens (tertiary/aromatic N) is 2. The van der Waals surface area contributed by atoms with Crippen LogP contribution in [0.5, 0.6) is 5.75 Å². The lowest BCUT2D eigenvalue weighted by Crippen LogP contribution is -2.40. The summed E-state index contributed by atoms with van der Waals surface area (Å²) in [7, 11) is -2.11. The van der Waals surface area contributed by atoms with Crippen molar-refractivity contribution in [3.63, 3.8) is 0 Å². The Bertz CT molecular complexity index is 1240. The van der Waals surface area contributed by atoms with Crippen LogP contribution in [0.3, 0.4) is 0 Å². The van der Waals surface area contributed by atoms with Crippen molar-refractivity contribution in [3.05, 3.63) is 41.4 Å². The zero-order chi connectivity index (χ0) is 22.7. The molecule has 1 saturated heterocycles. The van der Waals surface area contributed by atoms with Crippen molar-refractivity contribution in [2.45, 2.75) is 10.1 Å². The number of hydrogen-bond donors (Lipinski definition) is 2. The minimum absolute atomic E-state index is 0.0632. The maximum Gasteiger partial charge on any atom is 0.243 e. The number of benzene rings is 2. The molecule has 1 amide bonds. The number of halogens is 1. The molecule has 0 saturated carbocycles. The molecule has 4 rings (SSSR count). The highest BCUT2D eigenvalue weighted by atomic mass is 35.5. The van der Waals surface area contributed by atoms with Gasteiger partial charge in [0.05, 0.1) is 52.7 Å². The summed E-state index contributed by atoms with van der Waals surface area (Å²) in [4.78, 5) is 20.1. The van der Waals surface area contributed by atoms with E-state index in [4.69, 9.17) is 21.1 Å². The number of carbonyl (C=O) groups excluding carboxylic acids is 1. The molecule has 170 valence electrons. The van der Waals surface area contributed by atoms with Crippen LogP contribution in [0.15, 0.2) is 46.5 Å². The van der Waals surface area contributed by atoms with E-state index in [0.717, 1.165) is 11.0 Å². The molecule has 1 aliphatic rings. The van der Waals surface area contributed by atoms with E-state index >= 15 is 0 Å². The Morgan fingerprint density at radius 1 is 1.28 bits per heavy atom. The summed E-state index contributed by atoms with van der Waals surface area (Å²) >= 11 is 7.42. The van der Waals surface area contributed by atoms with E-state index in [2.05, 4.69) is 15.3 Å². The van der Waals surface area contributed by atoms with E-state index in [0.29, 0.717) is 24.1 Å². The summed E-state index contributed by atoms with van der Waals surface area (Å²) in [5.74, 6) is 0.432. The van der Waals surface area contributed by atoms with Crippen LogP contribution in [0.1, 0.15) is 0 Å². The smallest absolute Gasteiger partial charge is 0.243 e. The molecule has 3 aromatic rings. The monoisotopic (exact) mass is 496 g/mol. The molecule has 0 spiro atoms. The Kier molecular flexibility index (Phi) is 6.91. The second kappa shape index (κ2) is 9.67. The SMILES string of the molecule is COc1ccc2nc(SCC(=O)Nc3cc(S(=O)(=O)N4CCOCC4)ccc3Cl)[nH]c2c1. The van der Waals surface area contributed by atoms with Crippen LogP contribution in [0.25, 0.3) is 11.0 Å². The van der Waals surface area contributed by atoms with Gasteiger partial charge in [0.1, 0.15) is 5.75 Å². The van der Waals surface area contributed by atoms with Gasteiger partial charge >= 0.3 is 0 Å². The number of anilines is 1. The zero-order valence-corrected chi connectivity index (χ0v) is 19.5. The minimum atomic E-state index is -3.70. The number of nitrogens with one attached hydrogen (secondary N) is 2. The maximum absolute atomic E-state index is 12.9. The molecule has 0 atom stereocenters.